The zero-order chi connectivity index (χ0) is 35.9. The molecule has 2 N–H and O–H groups in total. The van der Waals surface area contributed by atoms with Gasteiger partial charge in [-0.1, -0.05) is 109 Å². The summed E-state index contributed by atoms with van der Waals surface area (Å²) in [7, 11) is 1.27. The number of carbonyl (C=O) groups excluding carboxylic acids is 4. The maximum absolute atomic E-state index is 14.4. The van der Waals surface area contributed by atoms with Gasteiger partial charge in [-0.3, -0.25) is 19.2 Å². The molecule has 0 radical (unpaired) electrons. The Labute approximate surface area is 294 Å². The quantitative estimate of drug-likeness (QED) is 0.204. The summed E-state index contributed by atoms with van der Waals surface area (Å²) in [6, 6.07) is 20.0. The van der Waals surface area contributed by atoms with Crippen LogP contribution in [0.5, 0.6) is 0 Å². The van der Waals surface area contributed by atoms with Gasteiger partial charge < -0.3 is 24.9 Å². The van der Waals surface area contributed by atoms with Crippen molar-refractivity contribution >= 4 is 58.4 Å². The lowest BCUT2D eigenvalue weighted by Crippen LogP contribution is -2.54. The van der Waals surface area contributed by atoms with Crippen LogP contribution in [0.3, 0.4) is 0 Å². The maximum Gasteiger partial charge on any atom is 0.341 e. The second-order valence-corrected chi connectivity index (χ2v) is 12.9. The van der Waals surface area contributed by atoms with Crippen molar-refractivity contribution in [3.05, 3.63) is 106 Å². The van der Waals surface area contributed by atoms with Gasteiger partial charge in [0.1, 0.15) is 6.04 Å². The molecule has 13 heteroatoms. The number of oxime groups is 1. The van der Waals surface area contributed by atoms with Crippen molar-refractivity contribution in [1.82, 2.24) is 10.2 Å². The Balaban J connectivity index is 1.59. The summed E-state index contributed by atoms with van der Waals surface area (Å²) >= 11 is 12.2. The van der Waals surface area contributed by atoms with Crippen LogP contribution in [0.4, 0.5) is 0 Å². The summed E-state index contributed by atoms with van der Waals surface area (Å²) in [6.45, 7) is 4.73. The first-order valence-electron chi connectivity index (χ1n) is 15.6. The number of likely N-dealkylation sites (N-methyl/N-ethyl adjacent to an activating group) is 1. The Morgan fingerprint density at radius 3 is 2.10 bits per heavy atom. The Kier molecular flexibility index (Phi) is 12.2. The lowest BCUT2D eigenvalue weighted by atomic mass is 9.83. The molecule has 0 fully saturated rings. The highest BCUT2D eigenvalue weighted by atomic mass is 35.5. The van der Waals surface area contributed by atoms with Gasteiger partial charge in [0.05, 0.1) is 39.7 Å². The number of rotatable bonds is 14. The third-order valence-corrected chi connectivity index (χ3v) is 9.02. The monoisotopic (exact) mass is 709 g/mol. The summed E-state index contributed by atoms with van der Waals surface area (Å²) in [5, 5.41) is 17.1. The highest BCUT2D eigenvalue weighted by Gasteiger charge is 2.53. The molecule has 2 unspecified atom stereocenters. The molecule has 3 aromatic rings. The number of Topliss-reactive ketones (excluding diaryl/α,β-unsaturated/α-hetero) is 1. The first-order valence-corrected chi connectivity index (χ1v) is 16.3. The van der Waals surface area contributed by atoms with Crippen molar-refractivity contribution in [2.75, 3.05) is 13.7 Å². The van der Waals surface area contributed by atoms with Gasteiger partial charge in [-0.2, -0.15) is 0 Å². The number of hydrogen-bond donors (Lipinski definition) is 2. The summed E-state index contributed by atoms with van der Waals surface area (Å²) in [5.74, 6) is -4.85. The minimum Gasteiger partial charge on any atom is -0.481 e. The molecule has 258 valence electrons. The zero-order valence-corrected chi connectivity index (χ0v) is 28.9. The van der Waals surface area contributed by atoms with E-state index in [9.17, 15) is 29.1 Å². The molecule has 4 atom stereocenters. The fourth-order valence-electron chi connectivity index (χ4n) is 5.59. The van der Waals surface area contributed by atoms with E-state index in [2.05, 4.69) is 10.5 Å². The number of nitrogens with one attached hydrogen (secondary N) is 1. The van der Waals surface area contributed by atoms with Crippen LogP contribution in [0.2, 0.25) is 10.0 Å². The van der Waals surface area contributed by atoms with Crippen molar-refractivity contribution in [2.24, 2.45) is 11.1 Å². The van der Waals surface area contributed by atoms with Crippen molar-refractivity contribution in [3.8, 4) is 0 Å². The fraction of sp³-hybridized carbons (Fsp3) is 0.333. The number of ketones is 1. The second-order valence-electron chi connectivity index (χ2n) is 12.1. The zero-order valence-electron chi connectivity index (χ0n) is 27.4. The van der Waals surface area contributed by atoms with E-state index in [1.807, 2.05) is 44.2 Å². The number of benzene rings is 3. The first-order chi connectivity index (χ1) is 23.3. The van der Waals surface area contributed by atoms with Crippen molar-refractivity contribution in [1.29, 1.82) is 0 Å². The summed E-state index contributed by atoms with van der Waals surface area (Å²) in [4.78, 5) is 72.8. The number of ether oxygens (including phenoxy) is 1. The van der Waals surface area contributed by atoms with Crippen molar-refractivity contribution in [3.63, 3.8) is 0 Å². The maximum atomic E-state index is 14.4. The number of halogens is 2. The molecule has 1 aliphatic heterocycles. The van der Waals surface area contributed by atoms with Gasteiger partial charge in [-0.15, -0.1) is 0 Å². The van der Waals surface area contributed by atoms with Crippen LogP contribution >= 0.6 is 23.2 Å². The first kappa shape index (κ1) is 37.1. The van der Waals surface area contributed by atoms with Gasteiger partial charge in [-0.25, -0.2) is 4.79 Å². The number of carboxylic acid groups (broad SMARTS) is 1. The fourth-order valence-corrected chi connectivity index (χ4v) is 6.14. The highest BCUT2D eigenvalue weighted by molar-refractivity contribution is 6.39. The number of amides is 2. The lowest BCUT2D eigenvalue weighted by Gasteiger charge is -2.34. The predicted molar refractivity (Wildman–Crippen MR) is 183 cm³/mol. The number of carboxylic acids is 1. The number of aliphatic carboxylic acids is 1. The molecule has 11 nitrogen and oxygen atoms in total. The average molecular weight is 711 g/mol. The topological polar surface area (TPSA) is 152 Å². The van der Waals surface area contributed by atoms with Crippen LogP contribution in [0.1, 0.15) is 61.0 Å². The third-order valence-electron chi connectivity index (χ3n) is 8.39. The third kappa shape index (κ3) is 8.47. The molecule has 2 amide bonds. The molecule has 0 spiro atoms. The van der Waals surface area contributed by atoms with Crippen LogP contribution < -0.4 is 5.32 Å². The second kappa shape index (κ2) is 16.1. The molecule has 49 heavy (non-hydrogen) atoms. The van der Waals surface area contributed by atoms with Crippen molar-refractivity contribution < 1.29 is 38.7 Å². The number of hydrogen-bond acceptors (Lipinski definition) is 8. The molecule has 0 saturated carbocycles. The molecular weight excluding hydrogens is 673 g/mol. The standard InChI is InChI=1S/C36H37Cl2N3O8/c1-21(2)32(39-33(45)22(3)23-12-7-5-8-13-23)27-19-36(49-40-27,24-14-9-6-10-15-24)35(47)41(4)28(18-30(43)44)29(42)20-48-34(46)31-25(37)16-11-17-26(31)38/h5-17,21-22,28,32H,18-20H2,1-4H3,(H,39,45)(H,43,44)/t22?,28-,32-,36?/m0/s1. The number of carbonyl (C=O) groups is 5. The molecule has 4 rings (SSSR count). The number of esters is 1. The largest absolute Gasteiger partial charge is 0.481 e. The normalized spacial score (nSPS) is 17.2. The smallest absolute Gasteiger partial charge is 0.341 e. The minimum atomic E-state index is -1.80. The van der Waals surface area contributed by atoms with Gasteiger partial charge >= 0.3 is 11.9 Å². The van der Waals surface area contributed by atoms with E-state index in [4.69, 9.17) is 32.8 Å². The van der Waals surface area contributed by atoms with E-state index in [0.29, 0.717) is 11.3 Å². The Bertz CT molecular complexity index is 1710. The minimum absolute atomic E-state index is 0.00346. The van der Waals surface area contributed by atoms with E-state index in [-0.39, 0.29) is 33.9 Å². The predicted octanol–water partition coefficient (Wildman–Crippen LogP) is 5.64. The van der Waals surface area contributed by atoms with E-state index in [1.165, 1.54) is 25.2 Å². The van der Waals surface area contributed by atoms with Crippen LogP contribution in [0, 0.1) is 5.92 Å². The van der Waals surface area contributed by atoms with Crippen LogP contribution in [0.25, 0.3) is 0 Å². The van der Waals surface area contributed by atoms with Gasteiger partial charge in [0.25, 0.3) is 5.91 Å². The van der Waals surface area contributed by atoms with Gasteiger partial charge in [0.2, 0.25) is 11.5 Å². The SMILES string of the molecule is CC(C(=O)N[C@H](C1=NOC(C(=O)N(C)[C@@H](CC(=O)O)C(=O)COC(=O)c2c(Cl)cccc2Cl)(c2ccccc2)C1)C(C)C)c1ccccc1. The number of nitrogens with zero attached hydrogens (tertiary/aromatic N) is 2. The van der Waals surface area contributed by atoms with E-state index in [0.717, 1.165) is 10.5 Å². The molecule has 0 saturated heterocycles. The van der Waals surface area contributed by atoms with Crippen LogP contribution in [-0.2, 0) is 34.4 Å². The van der Waals surface area contributed by atoms with Gasteiger partial charge in [-0.05, 0) is 30.5 Å². The van der Waals surface area contributed by atoms with E-state index in [1.54, 1.807) is 37.3 Å². The Hall–Kier alpha value is -4.74. The van der Waals surface area contributed by atoms with E-state index >= 15 is 0 Å². The Morgan fingerprint density at radius 1 is 0.939 bits per heavy atom. The molecule has 3 aromatic carbocycles. The summed E-state index contributed by atoms with van der Waals surface area (Å²) in [5.41, 5.74) is -0.334. The van der Waals surface area contributed by atoms with E-state index < -0.39 is 60.3 Å². The van der Waals surface area contributed by atoms with Gasteiger partial charge in [0, 0.05) is 19.0 Å². The van der Waals surface area contributed by atoms with Gasteiger partial charge in [0.15, 0.2) is 12.4 Å². The van der Waals surface area contributed by atoms with Crippen LogP contribution in [0.15, 0.2) is 84.0 Å². The molecule has 1 heterocycles. The highest BCUT2D eigenvalue weighted by Crippen LogP contribution is 2.39. The lowest BCUT2D eigenvalue weighted by molar-refractivity contribution is -0.161. The molecule has 1 aliphatic rings. The average Bonchev–Trinajstić information content (AvgIpc) is 3.54. The molecule has 0 aliphatic carbocycles. The summed E-state index contributed by atoms with van der Waals surface area (Å²) < 4.78 is 5.16. The molecular formula is C36H37Cl2N3O8. The Morgan fingerprint density at radius 2 is 1.53 bits per heavy atom. The molecule has 0 bridgehead atoms. The summed E-state index contributed by atoms with van der Waals surface area (Å²) in [6.07, 6.45) is -0.886. The molecule has 0 aromatic heterocycles. The van der Waals surface area contributed by atoms with Crippen LogP contribution in [-0.4, -0.2) is 71.0 Å². The van der Waals surface area contributed by atoms with Crippen molar-refractivity contribution in [2.45, 2.75) is 57.2 Å².